The molecule has 3 aliphatic rings. The maximum absolute atomic E-state index is 11.2. The fourth-order valence-electron chi connectivity index (χ4n) is 2.91. The normalized spacial score (nSPS) is 44.0. The summed E-state index contributed by atoms with van der Waals surface area (Å²) in [6, 6.07) is 0. The first-order chi connectivity index (χ1) is 6.31. The number of ether oxygens (including phenoxy) is 1. The van der Waals surface area contributed by atoms with Crippen LogP contribution in [0.15, 0.2) is 0 Å². The van der Waals surface area contributed by atoms with Crippen LogP contribution in [0.5, 0.6) is 0 Å². The van der Waals surface area contributed by atoms with Crippen molar-refractivity contribution in [3.63, 3.8) is 0 Å². The van der Waals surface area contributed by atoms with Gasteiger partial charge in [-0.2, -0.15) is 0 Å². The van der Waals surface area contributed by atoms with Crippen LogP contribution in [0.3, 0.4) is 0 Å². The van der Waals surface area contributed by atoms with Crippen LogP contribution in [-0.2, 0) is 9.53 Å². The van der Waals surface area contributed by atoms with Crippen molar-refractivity contribution in [1.82, 2.24) is 0 Å². The summed E-state index contributed by atoms with van der Waals surface area (Å²) in [5.41, 5.74) is 0. The third-order valence-corrected chi connectivity index (χ3v) is 3.69. The van der Waals surface area contributed by atoms with Gasteiger partial charge in [-0.15, -0.1) is 0 Å². The van der Waals surface area contributed by atoms with Gasteiger partial charge in [0.2, 0.25) is 0 Å². The molecule has 3 rings (SSSR count). The first-order valence-corrected chi connectivity index (χ1v) is 5.48. The summed E-state index contributed by atoms with van der Waals surface area (Å²) >= 11 is 0. The van der Waals surface area contributed by atoms with Gasteiger partial charge in [-0.1, -0.05) is 0 Å². The van der Waals surface area contributed by atoms with Crippen molar-refractivity contribution >= 4 is 5.78 Å². The van der Waals surface area contributed by atoms with Crippen molar-refractivity contribution in [3.05, 3.63) is 0 Å². The molecule has 2 unspecified atom stereocenters. The molecule has 3 aliphatic carbocycles. The zero-order valence-corrected chi connectivity index (χ0v) is 7.87. The molecule has 2 nitrogen and oxygen atoms in total. The molecule has 0 aromatic carbocycles. The SMILES string of the molecule is O=C1CC2CC(OC3CC3)CC2C1. The monoisotopic (exact) mass is 180 g/mol. The molecule has 0 bridgehead atoms. The molecule has 0 heterocycles. The number of carbonyl (C=O) groups is 1. The predicted octanol–water partition coefficient (Wildman–Crippen LogP) is 1.92. The van der Waals surface area contributed by atoms with Gasteiger partial charge in [0.15, 0.2) is 0 Å². The van der Waals surface area contributed by atoms with Crippen molar-refractivity contribution in [1.29, 1.82) is 0 Å². The van der Waals surface area contributed by atoms with Crippen molar-refractivity contribution in [2.45, 2.75) is 50.7 Å². The average Bonchev–Trinajstić information content (AvgIpc) is 2.68. The van der Waals surface area contributed by atoms with E-state index in [2.05, 4.69) is 0 Å². The highest BCUT2D eigenvalue weighted by molar-refractivity contribution is 5.81. The molecule has 0 aromatic heterocycles. The Morgan fingerprint density at radius 1 is 1.00 bits per heavy atom. The van der Waals surface area contributed by atoms with E-state index in [1.807, 2.05) is 0 Å². The number of rotatable bonds is 2. The number of carbonyl (C=O) groups excluding carboxylic acids is 1. The molecule has 3 saturated carbocycles. The molecule has 0 amide bonds. The summed E-state index contributed by atoms with van der Waals surface area (Å²) < 4.78 is 5.88. The lowest BCUT2D eigenvalue weighted by Gasteiger charge is -2.11. The van der Waals surface area contributed by atoms with Crippen LogP contribution in [0.1, 0.15) is 38.5 Å². The molecule has 0 radical (unpaired) electrons. The number of hydrogen-bond donors (Lipinski definition) is 0. The average molecular weight is 180 g/mol. The maximum atomic E-state index is 11.2. The van der Waals surface area contributed by atoms with E-state index in [1.54, 1.807) is 0 Å². The lowest BCUT2D eigenvalue weighted by molar-refractivity contribution is -0.118. The van der Waals surface area contributed by atoms with Crippen LogP contribution in [0.4, 0.5) is 0 Å². The highest BCUT2D eigenvalue weighted by atomic mass is 16.5. The fraction of sp³-hybridized carbons (Fsp3) is 0.909. The summed E-state index contributed by atoms with van der Waals surface area (Å²) in [6.45, 7) is 0. The Labute approximate surface area is 78.6 Å². The molecular weight excluding hydrogens is 164 g/mol. The number of hydrogen-bond acceptors (Lipinski definition) is 2. The minimum atomic E-state index is 0.486. The number of fused-ring (bicyclic) bond motifs is 1. The quantitative estimate of drug-likeness (QED) is 0.649. The molecule has 0 saturated heterocycles. The molecule has 0 N–H and O–H groups in total. The summed E-state index contributed by atoms with van der Waals surface area (Å²) in [5.74, 6) is 1.84. The third-order valence-electron chi connectivity index (χ3n) is 3.69. The third kappa shape index (κ3) is 1.52. The molecule has 3 fully saturated rings. The van der Waals surface area contributed by atoms with Gasteiger partial charge in [0.05, 0.1) is 12.2 Å². The van der Waals surface area contributed by atoms with Crippen LogP contribution in [0, 0.1) is 11.8 Å². The van der Waals surface area contributed by atoms with Crippen molar-refractivity contribution in [3.8, 4) is 0 Å². The van der Waals surface area contributed by atoms with Gasteiger partial charge < -0.3 is 4.74 Å². The molecule has 0 aliphatic heterocycles. The Bertz CT molecular complexity index is 216. The van der Waals surface area contributed by atoms with Crippen LogP contribution in [0.2, 0.25) is 0 Å². The Hall–Kier alpha value is -0.370. The second-order valence-corrected chi connectivity index (χ2v) is 4.90. The van der Waals surface area contributed by atoms with E-state index in [0.29, 0.717) is 29.8 Å². The van der Waals surface area contributed by atoms with Gasteiger partial charge >= 0.3 is 0 Å². The Morgan fingerprint density at radius 3 is 2.15 bits per heavy atom. The number of Topliss-reactive ketones (excluding diaryl/α,β-unsaturated/α-hetero) is 1. The molecule has 72 valence electrons. The predicted molar refractivity (Wildman–Crippen MR) is 48.4 cm³/mol. The van der Waals surface area contributed by atoms with Crippen LogP contribution < -0.4 is 0 Å². The van der Waals surface area contributed by atoms with E-state index in [4.69, 9.17) is 4.74 Å². The fourth-order valence-corrected chi connectivity index (χ4v) is 2.91. The Kier molecular flexibility index (Phi) is 1.72. The second kappa shape index (κ2) is 2.81. The summed E-state index contributed by atoms with van der Waals surface area (Å²) in [7, 11) is 0. The van der Waals surface area contributed by atoms with Crippen molar-refractivity contribution in [2.75, 3.05) is 0 Å². The van der Waals surface area contributed by atoms with E-state index in [0.717, 1.165) is 25.7 Å². The maximum Gasteiger partial charge on any atom is 0.133 e. The van der Waals surface area contributed by atoms with Crippen LogP contribution in [-0.4, -0.2) is 18.0 Å². The topological polar surface area (TPSA) is 26.3 Å². The summed E-state index contributed by atoms with van der Waals surface area (Å²) in [4.78, 5) is 11.2. The van der Waals surface area contributed by atoms with E-state index >= 15 is 0 Å². The van der Waals surface area contributed by atoms with Crippen molar-refractivity contribution < 1.29 is 9.53 Å². The van der Waals surface area contributed by atoms with Gasteiger partial charge in [0, 0.05) is 12.8 Å². The molecule has 2 atom stereocenters. The van der Waals surface area contributed by atoms with Gasteiger partial charge in [-0.3, -0.25) is 4.79 Å². The molecule has 13 heavy (non-hydrogen) atoms. The van der Waals surface area contributed by atoms with E-state index in [9.17, 15) is 4.79 Å². The van der Waals surface area contributed by atoms with E-state index in [1.165, 1.54) is 12.8 Å². The van der Waals surface area contributed by atoms with Gasteiger partial charge in [0.1, 0.15) is 5.78 Å². The Morgan fingerprint density at radius 2 is 1.62 bits per heavy atom. The zero-order chi connectivity index (χ0) is 8.84. The van der Waals surface area contributed by atoms with Crippen molar-refractivity contribution in [2.24, 2.45) is 11.8 Å². The number of ketones is 1. The standard InChI is InChI=1S/C11H16O2/c12-9-3-7-5-11(6-8(7)4-9)13-10-1-2-10/h7-8,10-11H,1-6H2. The van der Waals surface area contributed by atoms with Crippen LogP contribution in [0.25, 0.3) is 0 Å². The molecular formula is C11H16O2. The van der Waals surface area contributed by atoms with E-state index in [-0.39, 0.29) is 0 Å². The van der Waals surface area contributed by atoms with Gasteiger partial charge in [-0.25, -0.2) is 0 Å². The first-order valence-electron chi connectivity index (χ1n) is 5.48. The minimum Gasteiger partial charge on any atom is -0.375 e. The molecule has 0 spiro atoms. The van der Waals surface area contributed by atoms with Gasteiger partial charge in [-0.05, 0) is 37.5 Å². The summed E-state index contributed by atoms with van der Waals surface area (Å²) in [5, 5.41) is 0. The largest absolute Gasteiger partial charge is 0.375 e. The van der Waals surface area contributed by atoms with Gasteiger partial charge in [0.25, 0.3) is 0 Å². The highest BCUT2D eigenvalue weighted by Crippen LogP contribution is 2.44. The lowest BCUT2D eigenvalue weighted by atomic mass is 10.0. The second-order valence-electron chi connectivity index (χ2n) is 4.90. The smallest absolute Gasteiger partial charge is 0.133 e. The lowest BCUT2D eigenvalue weighted by Crippen LogP contribution is -2.11. The van der Waals surface area contributed by atoms with E-state index < -0.39 is 0 Å². The summed E-state index contributed by atoms with van der Waals surface area (Å²) in [6.07, 6.45) is 7.62. The van der Waals surface area contributed by atoms with Crippen LogP contribution >= 0.6 is 0 Å². The Balaban J connectivity index is 1.57. The molecule has 2 heteroatoms. The highest BCUT2D eigenvalue weighted by Gasteiger charge is 2.42. The first kappa shape index (κ1) is 7.98. The molecule has 0 aromatic rings. The minimum absolute atomic E-state index is 0.486. The zero-order valence-electron chi connectivity index (χ0n) is 7.87.